The molecule has 2 unspecified atom stereocenters. The van der Waals surface area contributed by atoms with E-state index in [4.69, 9.17) is 4.74 Å². The third kappa shape index (κ3) is 6.01. The van der Waals surface area contributed by atoms with E-state index in [9.17, 15) is 9.59 Å². The van der Waals surface area contributed by atoms with E-state index in [0.29, 0.717) is 18.2 Å². The smallest absolute Gasteiger partial charge is 0.411 e. The monoisotopic (exact) mass is 383 g/mol. The Balaban J connectivity index is 1.97. The van der Waals surface area contributed by atoms with Crippen molar-refractivity contribution in [3.8, 4) is 0 Å². The lowest BCUT2D eigenvalue weighted by Gasteiger charge is -2.19. The molecule has 0 radical (unpaired) electrons. The Hall–Kier alpha value is -3.02. The zero-order valence-corrected chi connectivity index (χ0v) is 16.9. The second kappa shape index (κ2) is 10.3. The minimum atomic E-state index is -0.490. The summed E-state index contributed by atoms with van der Waals surface area (Å²) in [5.41, 5.74) is 3.40. The number of rotatable bonds is 8. The van der Waals surface area contributed by atoms with Gasteiger partial charge in [-0.05, 0) is 62.1 Å². The van der Waals surface area contributed by atoms with Crippen LogP contribution in [0, 0.1) is 0 Å². The summed E-state index contributed by atoms with van der Waals surface area (Å²) in [6, 6.07) is 14.6. The Labute approximate surface area is 166 Å². The van der Waals surface area contributed by atoms with Crippen molar-refractivity contribution in [2.24, 2.45) is 0 Å². The van der Waals surface area contributed by atoms with E-state index >= 15 is 0 Å². The molecule has 0 saturated carbocycles. The van der Waals surface area contributed by atoms with Crippen LogP contribution in [0.25, 0.3) is 0 Å². The molecule has 0 aliphatic heterocycles. The average molecular weight is 383 g/mol. The van der Waals surface area contributed by atoms with Crippen LogP contribution in [0.2, 0.25) is 0 Å². The van der Waals surface area contributed by atoms with Gasteiger partial charge in [-0.1, -0.05) is 32.0 Å². The summed E-state index contributed by atoms with van der Waals surface area (Å²) in [4.78, 5) is 24.1. The molecule has 28 heavy (non-hydrogen) atoms. The van der Waals surface area contributed by atoms with Crippen LogP contribution in [0.1, 0.15) is 45.6 Å². The predicted octanol–water partition coefficient (Wildman–Crippen LogP) is 5.21. The van der Waals surface area contributed by atoms with Gasteiger partial charge in [0.2, 0.25) is 5.91 Å². The third-order valence-electron chi connectivity index (χ3n) is 4.55. The third-order valence-corrected chi connectivity index (χ3v) is 4.55. The second-order valence-corrected chi connectivity index (χ2v) is 6.67. The zero-order chi connectivity index (χ0) is 20.5. The molecule has 0 heterocycles. The molecule has 0 spiro atoms. The summed E-state index contributed by atoms with van der Waals surface area (Å²) >= 11 is 0. The first-order valence-electron chi connectivity index (χ1n) is 9.64. The van der Waals surface area contributed by atoms with Gasteiger partial charge < -0.3 is 15.4 Å². The van der Waals surface area contributed by atoms with Gasteiger partial charge in [0.1, 0.15) is 6.04 Å². The highest BCUT2D eigenvalue weighted by atomic mass is 16.5. The molecule has 2 atom stereocenters. The lowest BCUT2D eigenvalue weighted by atomic mass is 9.97. The normalized spacial score (nSPS) is 12.6. The number of carbonyl (C=O) groups is 2. The molecule has 3 N–H and O–H groups in total. The quantitative estimate of drug-likeness (QED) is 0.585. The molecule has 0 aromatic heterocycles. The van der Waals surface area contributed by atoms with Gasteiger partial charge in [0.15, 0.2) is 0 Å². The van der Waals surface area contributed by atoms with Gasteiger partial charge in [-0.2, -0.15) is 0 Å². The summed E-state index contributed by atoms with van der Waals surface area (Å²) in [5.74, 6) is 0.267. The molecule has 2 aromatic carbocycles. The molecule has 2 aromatic rings. The van der Waals surface area contributed by atoms with Crippen LogP contribution < -0.4 is 16.0 Å². The van der Waals surface area contributed by atoms with Crippen LogP contribution in [0.5, 0.6) is 0 Å². The van der Waals surface area contributed by atoms with Gasteiger partial charge >= 0.3 is 6.09 Å². The number of ether oxygens (including phenoxy) is 1. The highest BCUT2D eigenvalue weighted by Crippen LogP contribution is 2.26. The lowest BCUT2D eigenvalue weighted by Crippen LogP contribution is -2.32. The maximum atomic E-state index is 12.6. The molecule has 0 aliphatic rings. The number of amides is 2. The van der Waals surface area contributed by atoms with Crippen molar-refractivity contribution in [3.05, 3.63) is 54.1 Å². The van der Waals surface area contributed by atoms with Crippen LogP contribution in [-0.4, -0.2) is 24.6 Å². The molecule has 150 valence electrons. The van der Waals surface area contributed by atoms with Gasteiger partial charge in [-0.3, -0.25) is 10.1 Å². The topological polar surface area (TPSA) is 79.5 Å². The number of benzene rings is 2. The van der Waals surface area contributed by atoms with Crippen molar-refractivity contribution >= 4 is 29.1 Å². The minimum Gasteiger partial charge on any atom is -0.450 e. The maximum absolute atomic E-state index is 12.6. The van der Waals surface area contributed by atoms with E-state index in [1.165, 1.54) is 0 Å². The first-order chi connectivity index (χ1) is 13.4. The number of hydrogen-bond donors (Lipinski definition) is 3. The first kappa shape index (κ1) is 21.3. The first-order valence-corrected chi connectivity index (χ1v) is 9.64. The van der Waals surface area contributed by atoms with Crippen LogP contribution in [0.15, 0.2) is 48.5 Å². The largest absolute Gasteiger partial charge is 0.450 e. The van der Waals surface area contributed by atoms with E-state index in [0.717, 1.165) is 23.4 Å². The van der Waals surface area contributed by atoms with E-state index in [-0.39, 0.29) is 5.91 Å². The molecule has 0 fully saturated rings. The molecule has 2 rings (SSSR count). The van der Waals surface area contributed by atoms with Crippen molar-refractivity contribution in [3.63, 3.8) is 0 Å². The van der Waals surface area contributed by atoms with E-state index in [1.807, 2.05) is 25.1 Å². The standard InChI is InChI=1S/C22H29N3O3/c1-5-15(3)19-9-7-8-10-20(19)25-21(26)16(4)23-17-11-13-18(14-12-17)24-22(27)28-6-2/h7-16,23H,5-6H2,1-4H3,(H,24,27)(H,25,26). The average Bonchev–Trinajstić information content (AvgIpc) is 2.69. The Morgan fingerprint density at radius 1 is 0.929 bits per heavy atom. The molecule has 0 saturated heterocycles. The fourth-order valence-corrected chi connectivity index (χ4v) is 2.75. The summed E-state index contributed by atoms with van der Waals surface area (Å²) in [7, 11) is 0. The van der Waals surface area contributed by atoms with Crippen molar-refractivity contribution < 1.29 is 14.3 Å². The Kier molecular flexibility index (Phi) is 7.87. The van der Waals surface area contributed by atoms with Gasteiger partial charge in [-0.25, -0.2) is 4.79 Å². The van der Waals surface area contributed by atoms with E-state index in [2.05, 4.69) is 35.9 Å². The molecule has 2 amide bonds. The summed E-state index contributed by atoms with van der Waals surface area (Å²) in [6.07, 6.45) is 0.517. The van der Waals surface area contributed by atoms with Gasteiger partial charge in [0.05, 0.1) is 6.61 Å². The number of nitrogens with one attached hydrogen (secondary N) is 3. The molecular weight excluding hydrogens is 354 g/mol. The fraction of sp³-hybridized carbons (Fsp3) is 0.364. The van der Waals surface area contributed by atoms with Crippen molar-refractivity contribution in [1.29, 1.82) is 0 Å². The second-order valence-electron chi connectivity index (χ2n) is 6.67. The predicted molar refractivity (Wildman–Crippen MR) is 114 cm³/mol. The zero-order valence-electron chi connectivity index (χ0n) is 16.9. The van der Waals surface area contributed by atoms with Crippen molar-refractivity contribution in [2.45, 2.75) is 46.1 Å². The molecular formula is C22H29N3O3. The summed E-state index contributed by atoms with van der Waals surface area (Å²) in [5, 5.41) is 8.83. The van der Waals surface area contributed by atoms with Crippen LogP contribution >= 0.6 is 0 Å². The number of anilines is 3. The Morgan fingerprint density at radius 2 is 1.57 bits per heavy atom. The minimum absolute atomic E-state index is 0.107. The lowest BCUT2D eigenvalue weighted by molar-refractivity contribution is -0.116. The van der Waals surface area contributed by atoms with Crippen LogP contribution in [0.4, 0.5) is 21.9 Å². The number of carbonyl (C=O) groups excluding carboxylic acids is 2. The maximum Gasteiger partial charge on any atom is 0.411 e. The highest BCUT2D eigenvalue weighted by molar-refractivity contribution is 5.97. The van der Waals surface area contributed by atoms with E-state index in [1.54, 1.807) is 31.2 Å². The van der Waals surface area contributed by atoms with Gasteiger partial charge in [-0.15, -0.1) is 0 Å². The number of para-hydroxylation sites is 1. The SMILES string of the molecule is CCOC(=O)Nc1ccc(NC(C)C(=O)Nc2ccccc2C(C)CC)cc1. The molecule has 0 aliphatic carbocycles. The van der Waals surface area contributed by atoms with Crippen LogP contribution in [0.3, 0.4) is 0 Å². The highest BCUT2D eigenvalue weighted by Gasteiger charge is 2.16. The van der Waals surface area contributed by atoms with Crippen molar-refractivity contribution in [2.75, 3.05) is 22.6 Å². The summed E-state index contributed by atoms with van der Waals surface area (Å²) in [6.45, 7) is 8.16. The van der Waals surface area contributed by atoms with Gasteiger partial charge in [0.25, 0.3) is 0 Å². The van der Waals surface area contributed by atoms with Gasteiger partial charge in [0, 0.05) is 17.1 Å². The Morgan fingerprint density at radius 3 is 2.21 bits per heavy atom. The van der Waals surface area contributed by atoms with Crippen molar-refractivity contribution in [1.82, 2.24) is 0 Å². The molecule has 0 bridgehead atoms. The molecule has 6 heteroatoms. The fourth-order valence-electron chi connectivity index (χ4n) is 2.75. The Bertz CT molecular complexity index is 790. The van der Waals surface area contributed by atoms with Crippen LogP contribution in [-0.2, 0) is 9.53 Å². The molecule has 6 nitrogen and oxygen atoms in total. The van der Waals surface area contributed by atoms with E-state index < -0.39 is 12.1 Å². The summed E-state index contributed by atoms with van der Waals surface area (Å²) < 4.78 is 4.84. The number of hydrogen-bond acceptors (Lipinski definition) is 4.